The standard InChI is InChI=1S/C23H21NO2S/c1-17-11-13-18(14-12-17)21(25)15-16-23(26)24-20-9-5-6-10-22(20)27-19-7-3-2-4-8-19/h2-14H,15-16H2,1H3,(H,24,26). The molecule has 1 N–H and O–H groups in total. The van der Waals surface area contributed by atoms with Gasteiger partial charge in [0.05, 0.1) is 5.69 Å². The summed E-state index contributed by atoms with van der Waals surface area (Å²) in [5.41, 5.74) is 2.52. The van der Waals surface area contributed by atoms with Crippen molar-refractivity contribution in [3.63, 3.8) is 0 Å². The van der Waals surface area contributed by atoms with E-state index < -0.39 is 0 Å². The Bertz CT molecular complexity index is 921. The van der Waals surface area contributed by atoms with Crippen LogP contribution in [0.4, 0.5) is 5.69 Å². The maximum absolute atomic E-state index is 12.3. The number of ketones is 1. The minimum absolute atomic E-state index is 0.0166. The van der Waals surface area contributed by atoms with Gasteiger partial charge in [0, 0.05) is 28.2 Å². The lowest BCUT2D eigenvalue weighted by Gasteiger charge is -2.10. The first kappa shape index (κ1) is 18.9. The molecular weight excluding hydrogens is 354 g/mol. The van der Waals surface area contributed by atoms with Gasteiger partial charge in [-0.05, 0) is 31.2 Å². The van der Waals surface area contributed by atoms with Crippen LogP contribution in [-0.2, 0) is 4.79 Å². The molecule has 0 fully saturated rings. The molecule has 0 aliphatic carbocycles. The van der Waals surface area contributed by atoms with Crippen LogP contribution in [0.5, 0.6) is 0 Å². The fraction of sp³-hybridized carbons (Fsp3) is 0.130. The largest absolute Gasteiger partial charge is 0.325 e. The predicted molar refractivity (Wildman–Crippen MR) is 110 cm³/mol. The van der Waals surface area contributed by atoms with Crippen LogP contribution in [0.1, 0.15) is 28.8 Å². The van der Waals surface area contributed by atoms with Crippen molar-refractivity contribution in [2.45, 2.75) is 29.6 Å². The van der Waals surface area contributed by atoms with Crippen molar-refractivity contribution in [3.8, 4) is 0 Å². The van der Waals surface area contributed by atoms with E-state index in [1.165, 1.54) is 0 Å². The van der Waals surface area contributed by atoms with Crippen molar-refractivity contribution in [1.29, 1.82) is 0 Å². The lowest BCUT2D eigenvalue weighted by atomic mass is 10.0. The predicted octanol–water partition coefficient (Wildman–Crippen LogP) is 5.75. The summed E-state index contributed by atoms with van der Waals surface area (Å²) in [6, 6.07) is 25.1. The Kier molecular flexibility index (Phi) is 6.44. The van der Waals surface area contributed by atoms with Crippen LogP contribution in [0, 0.1) is 6.92 Å². The number of rotatable bonds is 7. The fourth-order valence-electron chi connectivity index (χ4n) is 2.60. The van der Waals surface area contributed by atoms with Crippen LogP contribution in [0.15, 0.2) is 88.7 Å². The van der Waals surface area contributed by atoms with E-state index in [0.29, 0.717) is 5.56 Å². The minimum Gasteiger partial charge on any atom is -0.325 e. The molecule has 27 heavy (non-hydrogen) atoms. The molecule has 0 aliphatic heterocycles. The third-order valence-corrected chi connectivity index (χ3v) is 5.17. The van der Waals surface area contributed by atoms with Gasteiger partial charge in [0.25, 0.3) is 0 Å². The number of amides is 1. The van der Waals surface area contributed by atoms with Gasteiger partial charge in [-0.15, -0.1) is 0 Å². The van der Waals surface area contributed by atoms with Crippen molar-refractivity contribution in [1.82, 2.24) is 0 Å². The molecule has 0 spiro atoms. The van der Waals surface area contributed by atoms with Gasteiger partial charge in [-0.25, -0.2) is 0 Å². The zero-order chi connectivity index (χ0) is 19.1. The average molecular weight is 375 g/mol. The van der Waals surface area contributed by atoms with E-state index in [0.717, 1.165) is 21.0 Å². The van der Waals surface area contributed by atoms with Crippen LogP contribution < -0.4 is 5.32 Å². The molecule has 0 aromatic heterocycles. The minimum atomic E-state index is -0.156. The van der Waals surface area contributed by atoms with Crippen molar-refractivity contribution >= 4 is 29.1 Å². The van der Waals surface area contributed by atoms with Crippen LogP contribution in [0.2, 0.25) is 0 Å². The first-order valence-electron chi connectivity index (χ1n) is 8.83. The Morgan fingerprint density at radius 1 is 0.815 bits per heavy atom. The van der Waals surface area contributed by atoms with Gasteiger partial charge in [0.1, 0.15) is 0 Å². The molecule has 3 aromatic rings. The van der Waals surface area contributed by atoms with Gasteiger partial charge >= 0.3 is 0 Å². The van der Waals surface area contributed by atoms with E-state index in [-0.39, 0.29) is 24.5 Å². The topological polar surface area (TPSA) is 46.2 Å². The molecule has 0 aliphatic rings. The molecule has 0 saturated carbocycles. The summed E-state index contributed by atoms with van der Waals surface area (Å²) in [5, 5.41) is 2.93. The van der Waals surface area contributed by atoms with Crippen LogP contribution in [0.25, 0.3) is 0 Å². The summed E-state index contributed by atoms with van der Waals surface area (Å²) in [5.74, 6) is -0.173. The molecular formula is C23H21NO2S. The van der Waals surface area contributed by atoms with Crippen LogP contribution in [-0.4, -0.2) is 11.7 Å². The molecule has 0 radical (unpaired) electrons. The van der Waals surface area contributed by atoms with E-state index in [2.05, 4.69) is 5.32 Å². The Balaban J connectivity index is 1.59. The van der Waals surface area contributed by atoms with Gasteiger partial charge in [-0.1, -0.05) is 71.9 Å². The van der Waals surface area contributed by atoms with Gasteiger partial charge < -0.3 is 5.32 Å². The molecule has 0 atom stereocenters. The third kappa shape index (κ3) is 5.56. The molecule has 0 unspecified atom stereocenters. The lowest BCUT2D eigenvalue weighted by molar-refractivity contribution is -0.116. The van der Waals surface area contributed by atoms with E-state index in [4.69, 9.17) is 0 Å². The molecule has 0 saturated heterocycles. The highest BCUT2D eigenvalue weighted by Crippen LogP contribution is 2.33. The lowest BCUT2D eigenvalue weighted by Crippen LogP contribution is -2.14. The first-order chi connectivity index (χ1) is 13.1. The highest BCUT2D eigenvalue weighted by molar-refractivity contribution is 7.99. The summed E-state index contributed by atoms with van der Waals surface area (Å²) in [7, 11) is 0. The summed E-state index contributed by atoms with van der Waals surface area (Å²) < 4.78 is 0. The number of carbonyl (C=O) groups excluding carboxylic acids is 2. The molecule has 3 rings (SSSR count). The number of para-hydroxylation sites is 1. The second kappa shape index (κ2) is 9.19. The highest BCUT2D eigenvalue weighted by Gasteiger charge is 2.11. The fourth-order valence-corrected chi connectivity index (χ4v) is 3.52. The maximum atomic E-state index is 12.3. The molecule has 1 amide bonds. The number of aryl methyl sites for hydroxylation is 1. The van der Waals surface area contributed by atoms with E-state index in [1.807, 2.05) is 73.7 Å². The number of hydrogen-bond donors (Lipinski definition) is 1. The summed E-state index contributed by atoms with van der Waals surface area (Å²) in [6.45, 7) is 1.98. The Morgan fingerprint density at radius 3 is 2.22 bits per heavy atom. The normalized spacial score (nSPS) is 10.4. The molecule has 3 nitrogen and oxygen atoms in total. The van der Waals surface area contributed by atoms with E-state index in [9.17, 15) is 9.59 Å². The summed E-state index contributed by atoms with van der Waals surface area (Å²) >= 11 is 1.60. The smallest absolute Gasteiger partial charge is 0.224 e. The van der Waals surface area contributed by atoms with Gasteiger partial charge in [-0.3, -0.25) is 9.59 Å². The highest BCUT2D eigenvalue weighted by atomic mass is 32.2. The van der Waals surface area contributed by atoms with Crippen molar-refractivity contribution < 1.29 is 9.59 Å². The summed E-state index contributed by atoms with van der Waals surface area (Å²) in [6.07, 6.45) is 0.361. The Morgan fingerprint density at radius 2 is 1.48 bits per heavy atom. The second-order valence-corrected chi connectivity index (χ2v) is 7.36. The zero-order valence-corrected chi connectivity index (χ0v) is 16.0. The monoisotopic (exact) mass is 375 g/mol. The van der Waals surface area contributed by atoms with Crippen LogP contribution in [0.3, 0.4) is 0 Å². The van der Waals surface area contributed by atoms with Gasteiger partial charge in [-0.2, -0.15) is 0 Å². The number of anilines is 1. The number of carbonyl (C=O) groups is 2. The van der Waals surface area contributed by atoms with E-state index in [1.54, 1.807) is 23.9 Å². The summed E-state index contributed by atoms with van der Waals surface area (Å²) in [4.78, 5) is 26.7. The van der Waals surface area contributed by atoms with Gasteiger partial charge in [0.15, 0.2) is 5.78 Å². The number of Topliss-reactive ketones (excluding diaryl/α,β-unsaturated/α-hetero) is 1. The Hall–Kier alpha value is -2.85. The van der Waals surface area contributed by atoms with Gasteiger partial charge in [0.2, 0.25) is 5.91 Å². The molecule has 0 bridgehead atoms. The first-order valence-corrected chi connectivity index (χ1v) is 9.65. The number of nitrogens with one attached hydrogen (secondary N) is 1. The van der Waals surface area contributed by atoms with E-state index >= 15 is 0 Å². The second-order valence-electron chi connectivity index (χ2n) is 6.25. The quantitative estimate of drug-likeness (QED) is 0.535. The molecule has 3 aromatic carbocycles. The SMILES string of the molecule is Cc1ccc(C(=O)CCC(=O)Nc2ccccc2Sc2ccccc2)cc1. The average Bonchev–Trinajstić information content (AvgIpc) is 2.69. The maximum Gasteiger partial charge on any atom is 0.224 e. The van der Waals surface area contributed by atoms with Crippen molar-refractivity contribution in [2.75, 3.05) is 5.32 Å². The number of benzene rings is 3. The number of hydrogen-bond acceptors (Lipinski definition) is 3. The zero-order valence-electron chi connectivity index (χ0n) is 15.1. The van der Waals surface area contributed by atoms with Crippen molar-refractivity contribution in [2.24, 2.45) is 0 Å². The molecule has 0 heterocycles. The molecule has 4 heteroatoms. The van der Waals surface area contributed by atoms with Crippen molar-refractivity contribution in [3.05, 3.63) is 90.0 Å². The third-order valence-electron chi connectivity index (χ3n) is 4.08. The van der Waals surface area contributed by atoms with Crippen LogP contribution >= 0.6 is 11.8 Å². The Labute approximate surface area is 163 Å². The molecule has 136 valence electrons.